The van der Waals surface area contributed by atoms with Crippen molar-refractivity contribution >= 4 is 11.6 Å². The quantitative estimate of drug-likeness (QED) is 0.458. The summed E-state index contributed by atoms with van der Waals surface area (Å²) in [5, 5.41) is 0. The van der Waals surface area contributed by atoms with Crippen LogP contribution < -0.4 is 0 Å². The second-order valence-corrected chi connectivity index (χ2v) is 5.77. The van der Waals surface area contributed by atoms with Gasteiger partial charge in [0.2, 0.25) is 0 Å². The summed E-state index contributed by atoms with van der Waals surface area (Å²) in [5.41, 5.74) is 2.63. The fourth-order valence-electron chi connectivity index (χ4n) is 2.50. The van der Waals surface area contributed by atoms with Gasteiger partial charge in [0, 0.05) is 12.8 Å². The van der Waals surface area contributed by atoms with Crippen molar-refractivity contribution in [2.45, 2.75) is 59.3 Å². The molecule has 0 unspecified atom stereocenters. The molecule has 0 heterocycles. The second kappa shape index (κ2) is 10.1. The summed E-state index contributed by atoms with van der Waals surface area (Å²) >= 11 is 0. The highest BCUT2D eigenvalue weighted by atomic mass is 16.1. The van der Waals surface area contributed by atoms with Gasteiger partial charge in [0.1, 0.15) is 11.6 Å². The van der Waals surface area contributed by atoms with Gasteiger partial charge in [0.15, 0.2) is 0 Å². The Labute approximate surface area is 134 Å². The number of rotatable bonds is 10. The van der Waals surface area contributed by atoms with Crippen LogP contribution in [0.4, 0.5) is 0 Å². The molecule has 0 aliphatic heterocycles. The number of allylic oxidation sites excluding steroid dienone is 2. The molecule has 0 aliphatic carbocycles. The highest BCUT2D eigenvalue weighted by Crippen LogP contribution is 2.14. The average molecular weight is 300 g/mol. The molecule has 0 radical (unpaired) electrons. The molecule has 0 N–H and O–H groups in total. The number of carbonyl (C=O) groups is 2. The smallest absolute Gasteiger partial charge is 0.143 e. The van der Waals surface area contributed by atoms with Gasteiger partial charge in [-0.05, 0) is 38.2 Å². The van der Waals surface area contributed by atoms with E-state index in [0.717, 1.165) is 19.3 Å². The minimum Gasteiger partial charge on any atom is -0.299 e. The maximum Gasteiger partial charge on any atom is 0.143 e. The lowest BCUT2D eigenvalue weighted by atomic mass is 9.91. The van der Waals surface area contributed by atoms with Gasteiger partial charge in [0.25, 0.3) is 0 Å². The van der Waals surface area contributed by atoms with Gasteiger partial charge in [-0.25, -0.2) is 0 Å². The van der Waals surface area contributed by atoms with Gasteiger partial charge in [-0.2, -0.15) is 0 Å². The van der Waals surface area contributed by atoms with E-state index in [2.05, 4.69) is 43.3 Å². The van der Waals surface area contributed by atoms with Crippen LogP contribution in [0.15, 0.2) is 36.4 Å². The Morgan fingerprint density at radius 2 is 1.50 bits per heavy atom. The molecule has 1 aromatic carbocycles. The first-order valence-electron chi connectivity index (χ1n) is 8.34. The van der Waals surface area contributed by atoms with E-state index in [9.17, 15) is 9.59 Å². The zero-order valence-electron chi connectivity index (χ0n) is 14.1. The van der Waals surface area contributed by atoms with Crippen LogP contribution in [-0.2, 0) is 16.0 Å². The molecule has 0 spiro atoms. The number of hydrogen-bond acceptors (Lipinski definition) is 2. The Hall–Kier alpha value is -1.70. The van der Waals surface area contributed by atoms with Gasteiger partial charge < -0.3 is 0 Å². The third-order valence-electron chi connectivity index (χ3n) is 3.98. The van der Waals surface area contributed by atoms with Crippen LogP contribution in [0.1, 0.15) is 57.1 Å². The maximum atomic E-state index is 11.8. The molecular weight excluding hydrogens is 272 g/mol. The summed E-state index contributed by atoms with van der Waals surface area (Å²) < 4.78 is 0. The maximum absolute atomic E-state index is 11.8. The number of carbonyl (C=O) groups excluding carboxylic acids is 2. The number of ketones is 2. The molecule has 0 amide bonds. The molecule has 0 saturated carbocycles. The lowest BCUT2D eigenvalue weighted by Crippen LogP contribution is -2.22. The van der Waals surface area contributed by atoms with Crippen LogP contribution in [0.25, 0.3) is 0 Å². The van der Waals surface area contributed by atoms with Crippen molar-refractivity contribution in [1.82, 2.24) is 0 Å². The van der Waals surface area contributed by atoms with Crippen molar-refractivity contribution in [2.24, 2.45) is 5.92 Å². The Morgan fingerprint density at radius 1 is 0.955 bits per heavy atom. The van der Waals surface area contributed by atoms with Crippen LogP contribution in [0.2, 0.25) is 0 Å². The van der Waals surface area contributed by atoms with E-state index in [1.807, 2.05) is 13.8 Å². The average Bonchev–Trinajstić information content (AvgIpc) is 2.54. The first kappa shape index (κ1) is 18.3. The monoisotopic (exact) mass is 300 g/mol. The summed E-state index contributed by atoms with van der Waals surface area (Å²) in [4.78, 5) is 23.6. The summed E-state index contributed by atoms with van der Waals surface area (Å²) in [7, 11) is 0. The van der Waals surface area contributed by atoms with Crippen LogP contribution in [-0.4, -0.2) is 11.6 Å². The fraction of sp³-hybridized carbons (Fsp3) is 0.500. The summed E-state index contributed by atoms with van der Waals surface area (Å²) in [6, 6.07) is 8.60. The number of benzene rings is 1. The molecule has 1 aromatic rings. The van der Waals surface area contributed by atoms with Crippen LogP contribution in [0.3, 0.4) is 0 Å². The van der Waals surface area contributed by atoms with E-state index in [4.69, 9.17) is 0 Å². The molecule has 0 bridgehead atoms. The van der Waals surface area contributed by atoms with Crippen LogP contribution in [0, 0.1) is 12.8 Å². The Kier molecular flexibility index (Phi) is 8.42. The first-order valence-corrected chi connectivity index (χ1v) is 8.34. The van der Waals surface area contributed by atoms with E-state index >= 15 is 0 Å². The lowest BCUT2D eigenvalue weighted by molar-refractivity contribution is -0.132. The zero-order valence-corrected chi connectivity index (χ0v) is 14.1. The van der Waals surface area contributed by atoms with E-state index in [0.29, 0.717) is 19.3 Å². The van der Waals surface area contributed by atoms with E-state index < -0.39 is 5.92 Å². The summed E-state index contributed by atoms with van der Waals surface area (Å²) in [6.07, 6.45) is 8.65. The Balaban J connectivity index is 2.33. The molecular formula is C20H28O2. The molecule has 120 valence electrons. The van der Waals surface area contributed by atoms with E-state index in [1.165, 1.54) is 11.1 Å². The molecule has 2 nitrogen and oxygen atoms in total. The van der Waals surface area contributed by atoms with Gasteiger partial charge in [-0.3, -0.25) is 9.59 Å². The third kappa shape index (κ3) is 6.38. The number of aryl methyl sites for hydroxylation is 2. The van der Waals surface area contributed by atoms with Crippen LogP contribution >= 0.6 is 0 Å². The number of hydrogen-bond donors (Lipinski definition) is 0. The Morgan fingerprint density at radius 3 is 2.05 bits per heavy atom. The minimum atomic E-state index is -0.392. The predicted octanol–water partition coefficient (Wildman–Crippen LogP) is 4.84. The molecule has 0 fully saturated rings. The SMILES string of the molecule is CCC(=O)C(CC/C=C/CCc1ccc(C)cc1)C(=O)CC. The third-order valence-corrected chi connectivity index (χ3v) is 3.98. The lowest BCUT2D eigenvalue weighted by Gasteiger charge is -2.11. The van der Waals surface area contributed by atoms with Crippen molar-refractivity contribution in [2.75, 3.05) is 0 Å². The summed E-state index contributed by atoms with van der Waals surface area (Å²) in [5.74, 6) is -0.225. The van der Waals surface area contributed by atoms with E-state index in [1.54, 1.807) is 0 Å². The van der Waals surface area contributed by atoms with E-state index in [-0.39, 0.29) is 11.6 Å². The van der Waals surface area contributed by atoms with Gasteiger partial charge >= 0.3 is 0 Å². The van der Waals surface area contributed by atoms with Crippen LogP contribution in [0.5, 0.6) is 0 Å². The minimum absolute atomic E-state index is 0.0832. The van der Waals surface area contributed by atoms with Crippen molar-refractivity contribution in [3.8, 4) is 0 Å². The normalized spacial score (nSPS) is 11.3. The largest absolute Gasteiger partial charge is 0.299 e. The summed E-state index contributed by atoms with van der Waals surface area (Å²) in [6.45, 7) is 5.75. The van der Waals surface area contributed by atoms with Gasteiger partial charge in [0.05, 0.1) is 5.92 Å². The molecule has 0 aromatic heterocycles. The molecule has 0 atom stereocenters. The zero-order chi connectivity index (χ0) is 16.4. The van der Waals surface area contributed by atoms with Gasteiger partial charge in [-0.1, -0.05) is 55.8 Å². The Bertz CT molecular complexity index is 481. The number of Topliss-reactive ketones (excluding diaryl/α,β-unsaturated/α-hetero) is 2. The van der Waals surface area contributed by atoms with Crippen molar-refractivity contribution in [3.63, 3.8) is 0 Å². The van der Waals surface area contributed by atoms with Crippen molar-refractivity contribution < 1.29 is 9.59 Å². The topological polar surface area (TPSA) is 34.1 Å². The molecule has 2 heteroatoms. The molecule has 1 rings (SSSR count). The standard InChI is InChI=1S/C20H28O2/c1-4-19(21)18(20(22)5-2)11-9-7-6-8-10-17-14-12-16(3)13-15-17/h6-7,12-15,18H,4-5,8-11H2,1-3H3/b7-6+. The van der Waals surface area contributed by atoms with Crippen molar-refractivity contribution in [3.05, 3.63) is 47.5 Å². The highest BCUT2D eigenvalue weighted by molar-refractivity contribution is 6.02. The first-order chi connectivity index (χ1) is 10.6. The molecule has 22 heavy (non-hydrogen) atoms. The van der Waals surface area contributed by atoms with Crippen molar-refractivity contribution in [1.29, 1.82) is 0 Å². The highest BCUT2D eigenvalue weighted by Gasteiger charge is 2.22. The second-order valence-electron chi connectivity index (χ2n) is 5.77. The predicted molar refractivity (Wildman–Crippen MR) is 92.0 cm³/mol. The molecule has 0 saturated heterocycles. The van der Waals surface area contributed by atoms with Gasteiger partial charge in [-0.15, -0.1) is 0 Å². The molecule has 0 aliphatic rings. The fourth-order valence-corrected chi connectivity index (χ4v) is 2.50.